The number of nitriles is 1. The minimum atomic E-state index is -0.168. The molecule has 2 aromatic carbocycles. The Bertz CT molecular complexity index is 1070. The van der Waals surface area contributed by atoms with Crippen LogP contribution < -0.4 is 14.8 Å². The number of aryl methyl sites for hydroxylation is 2. The molecule has 1 amide bonds. The minimum absolute atomic E-state index is 0.157. The van der Waals surface area contributed by atoms with Crippen molar-refractivity contribution >= 4 is 23.4 Å². The number of carbonyl (C=O) groups excluding carboxylic acids is 1. The van der Waals surface area contributed by atoms with Crippen molar-refractivity contribution in [2.45, 2.75) is 19.0 Å². The van der Waals surface area contributed by atoms with Crippen molar-refractivity contribution in [2.75, 3.05) is 18.2 Å². The zero-order valence-electron chi connectivity index (χ0n) is 16.8. The molecule has 0 radical (unpaired) electrons. The van der Waals surface area contributed by atoms with E-state index in [-0.39, 0.29) is 11.7 Å². The third-order valence-corrected chi connectivity index (χ3v) is 4.97. The largest absolute Gasteiger partial charge is 0.497 e. The molecule has 0 spiro atoms. The van der Waals surface area contributed by atoms with Crippen LogP contribution in [0.3, 0.4) is 0 Å². The van der Waals surface area contributed by atoms with Crippen LogP contribution in [0.15, 0.2) is 53.8 Å². The second-order valence-corrected chi connectivity index (χ2v) is 7.34. The van der Waals surface area contributed by atoms with Gasteiger partial charge in [0.05, 0.1) is 24.5 Å². The van der Waals surface area contributed by atoms with Crippen LogP contribution in [0.5, 0.6) is 17.4 Å². The highest BCUT2D eigenvalue weighted by Gasteiger charge is 2.11. The van der Waals surface area contributed by atoms with Crippen molar-refractivity contribution in [3.63, 3.8) is 0 Å². The number of amides is 1. The van der Waals surface area contributed by atoms with Crippen molar-refractivity contribution in [1.29, 1.82) is 5.26 Å². The lowest BCUT2D eigenvalue weighted by Crippen LogP contribution is -2.14. The fourth-order valence-electron chi connectivity index (χ4n) is 2.73. The number of hydrogen-bond donors (Lipinski definition) is 1. The molecule has 0 saturated heterocycles. The number of benzene rings is 2. The molecule has 1 N–H and O–H groups in total. The van der Waals surface area contributed by atoms with Gasteiger partial charge in [0, 0.05) is 18.0 Å². The number of nitrogens with one attached hydrogen (secondary N) is 1. The molecule has 1 heterocycles. The smallest absolute Gasteiger partial charge is 0.234 e. The Balaban J connectivity index is 1.61. The van der Waals surface area contributed by atoms with Gasteiger partial charge in [0.15, 0.2) is 5.16 Å². The zero-order valence-corrected chi connectivity index (χ0v) is 17.6. The average Bonchev–Trinajstić information content (AvgIpc) is 2.75. The zero-order chi connectivity index (χ0) is 21.5. The van der Waals surface area contributed by atoms with Crippen LogP contribution in [-0.4, -0.2) is 28.7 Å². The molecule has 152 valence electrons. The molecule has 30 heavy (non-hydrogen) atoms. The topological polar surface area (TPSA) is 97.1 Å². The molecule has 1 aromatic heterocycles. The first kappa shape index (κ1) is 21.1. The van der Waals surface area contributed by atoms with E-state index in [2.05, 4.69) is 21.4 Å². The van der Waals surface area contributed by atoms with Gasteiger partial charge in [0.25, 0.3) is 0 Å². The summed E-state index contributed by atoms with van der Waals surface area (Å²) in [6.45, 7) is 3.76. The van der Waals surface area contributed by atoms with Crippen molar-refractivity contribution in [3.8, 4) is 23.4 Å². The van der Waals surface area contributed by atoms with Crippen LogP contribution in [-0.2, 0) is 4.79 Å². The summed E-state index contributed by atoms with van der Waals surface area (Å²) in [5, 5.41) is 12.3. The molecule has 0 saturated carbocycles. The van der Waals surface area contributed by atoms with E-state index >= 15 is 0 Å². The van der Waals surface area contributed by atoms with Gasteiger partial charge >= 0.3 is 0 Å². The third kappa shape index (κ3) is 5.49. The Labute approximate surface area is 179 Å². The number of carbonyl (C=O) groups is 1. The van der Waals surface area contributed by atoms with Crippen LogP contribution in [0.25, 0.3) is 0 Å². The second kappa shape index (κ2) is 9.76. The number of nitrogens with zero attached hydrogens (tertiary/aromatic N) is 3. The Kier molecular flexibility index (Phi) is 6.88. The summed E-state index contributed by atoms with van der Waals surface area (Å²) in [4.78, 5) is 20.7. The van der Waals surface area contributed by atoms with Gasteiger partial charge in [-0.25, -0.2) is 4.98 Å². The molecular weight excluding hydrogens is 400 g/mol. The lowest BCUT2D eigenvalue weighted by molar-refractivity contribution is -0.113. The van der Waals surface area contributed by atoms with E-state index in [0.717, 1.165) is 16.9 Å². The van der Waals surface area contributed by atoms with Crippen molar-refractivity contribution < 1.29 is 14.3 Å². The summed E-state index contributed by atoms with van der Waals surface area (Å²) < 4.78 is 11.0. The number of anilines is 1. The van der Waals surface area contributed by atoms with Gasteiger partial charge in [-0.1, -0.05) is 11.8 Å². The van der Waals surface area contributed by atoms with E-state index in [9.17, 15) is 4.79 Å². The Morgan fingerprint density at radius 3 is 2.50 bits per heavy atom. The number of hydrogen-bond acceptors (Lipinski definition) is 7. The third-order valence-electron chi connectivity index (χ3n) is 4.11. The molecule has 0 bridgehead atoms. The molecule has 0 unspecified atom stereocenters. The predicted molar refractivity (Wildman–Crippen MR) is 115 cm³/mol. The van der Waals surface area contributed by atoms with Crippen LogP contribution >= 0.6 is 11.8 Å². The summed E-state index contributed by atoms with van der Waals surface area (Å²) in [5.74, 6) is 1.74. The SMILES string of the molecule is COc1ccc(NC(=O)CSc2nccc(Oc3c(C)cc(C#N)cc3C)n2)cc1. The lowest BCUT2D eigenvalue weighted by atomic mass is 10.1. The molecule has 0 fully saturated rings. The Hall–Kier alpha value is -3.57. The van der Waals surface area contributed by atoms with Gasteiger partial charge in [-0.3, -0.25) is 4.79 Å². The van der Waals surface area contributed by atoms with Crippen molar-refractivity contribution in [1.82, 2.24) is 9.97 Å². The molecule has 0 atom stereocenters. The lowest BCUT2D eigenvalue weighted by Gasteiger charge is -2.12. The highest BCUT2D eigenvalue weighted by Crippen LogP contribution is 2.29. The van der Waals surface area contributed by atoms with Crippen LogP contribution in [0.1, 0.15) is 16.7 Å². The van der Waals surface area contributed by atoms with E-state index in [1.807, 2.05) is 13.8 Å². The van der Waals surface area contributed by atoms with E-state index in [4.69, 9.17) is 14.7 Å². The fraction of sp³-hybridized carbons (Fsp3) is 0.182. The fourth-order valence-corrected chi connectivity index (χ4v) is 3.36. The molecule has 3 aromatic rings. The predicted octanol–water partition coefficient (Wildman–Crippen LogP) is 4.50. The van der Waals surface area contributed by atoms with E-state index in [1.165, 1.54) is 11.8 Å². The second-order valence-electron chi connectivity index (χ2n) is 6.40. The van der Waals surface area contributed by atoms with Gasteiger partial charge < -0.3 is 14.8 Å². The summed E-state index contributed by atoms with van der Waals surface area (Å²) >= 11 is 1.21. The maximum absolute atomic E-state index is 12.2. The van der Waals surface area contributed by atoms with Gasteiger partial charge in [0.1, 0.15) is 11.5 Å². The minimum Gasteiger partial charge on any atom is -0.497 e. The van der Waals surface area contributed by atoms with Crippen LogP contribution in [0.4, 0.5) is 5.69 Å². The number of rotatable bonds is 7. The average molecular weight is 420 g/mol. The number of ether oxygens (including phenoxy) is 2. The van der Waals surface area contributed by atoms with E-state index in [1.54, 1.807) is 55.8 Å². The standard InChI is InChI=1S/C22H20N4O3S/c1-14-10-16(12-23)11-15(2)21(14)29-20-8-9-24-22(26-20)30-13-19(27)25-17-4-6-18(28-3)7-5-17/h4-11H,13H2,1-3H3,(H,25,27). The van der Waals surface area contributed by atoms with E-state index in [0.29, 0.717) is 28.0 Å². The van der Waals surface area contributed by atoms with Gasteiger partial charge in [-0.15, -0.1) is 0 Å². The van der Waals surface area contributed by atoms with Gasteiger partial charge in [0.2, 0.25) is 11.8 Å². The number of aromatic nitrogens is 2. The van der Waals surface area contributed by atoms with Crippen LogP contribution in [0.2, 0.25) is 0 Å². The van der Waals surface area contributed by atoms with Gasteiger partial charge in [-0.2, -0.15) is 10.2 Å². The molecule has 3 rings (SSSR count). The maximum atomic E-state index is 12.2. The number of methoxy groups -OCH3 is 1. The summed E-state index contributed by atoms with van der Waals surface area (Å²) in [5.41, 5.74) is 2.96. The monoisotopic (exact) mass is 420 g/mol. The number of thioether (sulfide) groups is 1. The van der Waals surface area contributed by atoms with Crippen LogP contribution in [0, 0.1) is 25.2 Å². The normalized spacial score (nSPS) is 10.2. The summed E-state index contributed by atoms with van der Waals surface area (Å²) in [6.07, 6.45) is 1.58. The van der Waals surface area contributed by atoms with Gasteiger partial charge in [-0.05, 0) is 61.4 Å². The first-order chi connectivity index (χ1) is 14.5. The molecule has 0 aliphatic carbocycles. The molecule has 0 aliphatic rings. The van der Waals surface area contributed by atoms with Crippen molar-refractivity contribution in [3.05, 3.63) is 65.4 Å². The summed E-state index contributed by atoms with van der Waals surface area (Å²) in [7, 11) is 1.59. The maximum Gasteiger partial charge on any atom is 0.234 e. The highest BCUT2D eigenvalue weighted by atomic mass is 32.2. The van der Waals surface area contributed by atoms with Crippen molar-refractivity contribution in [2.24, 2.45) is 0 Å². The molecule has 7 nitrogen and oxygen atoms in total. The molecule has 0 aliphatic heterocycles. The highest BCUT2D eigenvalue weighted by molar-refractivity contribution is 7.99. The molecular formula is C22H20N4O3S. The first-order valence-electron chi connectivity index (χ1n) is 9.07. The summed E-state index contributed by atoms with van der Waals surface area (Å²) in [6, 6.07) is 14.4. The Morgan fingerprint density at radius 1 is 1.17 bits per heavy atom. The quantitative estimate of drug-likeness (QED) is 0.444. The first-order valence-corrected chi connectivity index (χ1v) is 10.1. The van der Waals surface area contributed by atoms with E-state index < -0.39 is 0 Å². The Morgan fingerprint density at radius 2 is 1.87 bits per heavy atom. The molecule has 8 heteroatoms.